The van der Waals surface area contributed by atoms with Crippen LogP contribution in [0, 0.1) is 11.3 Å². The molecule has 2 aliphatic heterocycles. The molecule has 2 aromatic carbocycles. The first-order valence-electron chi connectivity index (χ1n) is 15.1. The lowest BCUT2D eigenvalue weighted by Gasteiger charge is -2.34. The van der Waals surface area contributed by atoms with Gasteiger partial charge in [-0.2, -0.15) is 5.26 Å². The summed E-state index contributed by atoms with van der Waals surface area (Å²) in [4.78, 5) is 66.5. The van der Waals surface area contributed by atoms with Crippen molar-refractivity contribution in [2.75, 3.05) is 28.7 Å². The highest BCUT2D eigenvalue weighted by Crippen LogP contribution is 2.30. The van der Waals surface area contributed by atoms with Crippen LogP contribution >= 0.6 is 0 Å². The number of benzene rings is 2. The van der Waals surface area contributed by atoms with Crippen LogP contribution in [-0.4, -0.2) is 76.5 Å². The van der Waals surface area contributed by atoms with Crippen molar-refractivity contribution in [1.82, 2.24) is 4.90 Å². The van der Waals surface area contributed by atoms with Crippen LogP contribution in [0.25, 0.3) is 0 Å². The molecule has 1 fully saturated rings. The van der Waals surface area contributed by atoms with Gasteiger partial charge in [-0.25, -0.2) is 14.5 Å². The zero-order valence-electron chi connectivity index (χ0n) is 27.2. The summed E-state index contributed by atoms with van der Waals surface area (Å²) >= 11 is 0. The van der Waals surface area contributed by atoms with Crippen molar-refractivity contribution in [3.05, 3.63) is 53.1 Å². The van der Waals surface area contributed by atoms with E-state index in [-0.39, 0.29) is 35.9 Å². The largest absolute Gasteiger partial charge is 0.443 e. The molecule has 14 nitrogen and oxygen atoms in total. The number of nitriles is 1. The van der Waals surface area contributed by atoms with E-state index >= 15 is 0 Å². The second kappa shape index (κ2) is 13.8. The number of amides is 5. The minimum absolute atomic E-state index is 0.0381. The molecule has 0 aromatic heterocycles. The molecule has 14 heteroatoms. The normalized spacial score (nSPS) is 17.1. The number of anilines is 3. The van der Waals surface area contributed by atoms with E-state index in [1.54, 1.807) is 53.7 Å². The first-order valence-corrected chi connectivity index (χ1v) is 15.1. The predicted molar refractivity (Wildman–Crippen MR) is 169 cm³/mol. The Balaban J connectivity index is 1.51. The number of nitrogens with zero attached hydrogens (tertiary/aromatic N) is 3. The number of hydrogen-bond acceptors (Lipinski definition) is 10. The van der Waals surface area contributed by atoms with Crippen molar-refractivity contribution in [1.29, 1.82) is 5.26 Å². The molecule has 0 saturated carbocycles. The van der Waals surface area contributed by atoms with Crippen molar-refractivity contribution in [2.24, 2.45) is 0 Å². The predicted octanol–water partition coefficient (Wildman–Crippen LogP) is 3.85. The Kier molecular flexibility index (Phi) is 10.2. The summed E-state index contributed by atoms with van der Waals surface area (Å²) in [6.07, 6.45) is -4.49. The SMILES string of the molecule is CC(C)(C)OC(=O)N(Cc1cc(NC(=O)[C@H](O)[C@H]2OCCN(c3ccc4c(c3)NC(=O)CC4)C2=O)ccc1C#N)C(=O)OC(C)(C)C. The third-order valence-corrected chi connectivity index (χ3v) is 7.03. The topological polar surface area (TPSA) is 188 Å². The third-order valence-electron chi connectivity index (χ3n) is 7.03. The molecule has 2 heterocycles. The summed E-state index contributed by atoms with van der Waals surface area (Å²) in [5, 5.41) is 26.0. The number of imide groups is 1. The average molecular weight is 650 g/mol. The van der Waals surface area contributed by atoms with Gasteiger partial charge >= 0.3 is 12.2 Å². The maximum Gasteiger partial charge on any atom is 0.420 e. The van der Waals surface area contributed by atoms with Crippen LogP contribution in [0.1, 0.15) is 64.7 Å². The van der Waals surface area contributed by atoms with E-state index in [0.717, 1.165) is 5.56 Å². The Morgan fingerprint density at radius 2 is 1.72 bits per heavy atom. The van der Waals surface area contributed by atoms with Gasteiger partial charge in [-0.1, -0.05) is 6.07 Å². The molecule has 0 unspecified atom stereocenters. The number of morpholine rings is 1. The minimum Gasteiger partial charge on any atom is -0.443 e. The number of nitrogens with one attached hydrogen (secondary N) is 2. The third kappa shape index (κ3) is 8.84. The maximum atomic E-state index is 13.4. The molecule has 0 spiro atoms. The molecule has 0 aliphatic carbocycles. The van der Waals surface area contributed by atoms with Crippen molar-refractivity contribution in [2.45, 2.75) is 84.3 Å². The first kappa shape index (κ1) is 34.9. The Labute approximate surface area is 272 Å². The summed E-state index contributed by atoms with van der Waals surface area (Å²) in [6.45, 7) is 9.56. The zero-order valence-corrected chi connectivity index (χ0v) is 27.2. The minimum atomic E-state index is -1.92. The van der Waals surface area contributed by atoms with Gasteiger partial charge in [-0.3, -0.25) is 14.4 Å². The number of ether oxygens (including phenoxy) is 3. The number of rotatable bonds is 6. The molecule has 2 atom stereocenters. The molecular formula is C33H39N5O9. The van der Waals surface area contributed by atoms with Crippen molar-refractivity contribution in [3.63, 3.8) is 0 Å². The van der Waals surface area contributed by atoms with E-state index < -0.39 is 54.0 Å². The summed E-state index contributed by atoms with van der Waals surface area (Å²) in [6, 6.07) is 11.4. The summed E-state index contributed by atoms with van der Waals surface area (Å²) < 4.78 is 16.3. The molecular weight excluding hydrogens is 610 g/mol. The number of carbonyl (C=O) groups excluding carboxylic acids is 5. The Morgan fingerprint density at radius 1 is 1.06 bits per heavy atom. The van der Waals surface area contributed by atoms with Crippen LogP contribution in [-0.2, 0) is 41.6 Å². The standard InChI is InChI=1S/C33H39N5O9/c1-32(2,3)46-30(43)38(31(44)47-33(4,5)6)18-21-15-22(10-7-20(21)17-34)35-28(41)26(40)27-29(42)37(13-14-45-27)23-11-8-19-9-12-25(39)36-24(19)16-23/h7-8,10-11,15-16,26-27,40H,9,12-14,18H2,1-6H3,(H,35,41)(H,36,39)/t26-,27-/m1/s1. The number of aliphatic hydroxyl groups is 1. The molecule has 0 radical (unpaired) electrons. The summed E-state index contributed by atoms with van der Waals surface area (Å²) in [7, 11) is 0. The highest BCUT2D eigenvalue weighted by atomic mass is 16.6. The van der Waals surface area contributed by atoms with Crippen LogP contribution < -0.4 is 15.5 Å². The molecule has 2 aromatic rings. The summed E-state index contributed by atoms with van der Waals surface area (Å²) in [5.41, 5.74) is 0.524. The van der Waals surface area contributed by atoms with Gasteiger partial charge in [-0.05, 0) is 89.4 Å². The first-order chi connectivity index (χ1) is 22.0. The maximum absolute atomic E-state index is 13.4. The number of aliphatic hydroxyl groups excluding tert-OH is 1. The number of aryl methyl sites for hydroxylation is 1. The summed E-state index contributed by atoms with van der Waals surface area (Å²) in [5.74, 6) is -1.73. The zero-order chi connectivity index (χ0) is 34.7. The number of hydrogen-bond donors (Lipinski definition) is 3. The lowest BCUT2D eigenvalue weighted by Crippen LogP contribution is -2.55. The van der Waals surface area contributed by atoms with E-state index in [1.165, 1.54) is 23.1 Å². The fourth-order valence-electron chi connectivity index (χ4n) is 4.89. The van der Waals surface area contributed by atoms with Gasteiger partial charge in [0.25, 0.3) is 11.8 Å². The fraction of sp³-hybridized carbons (Fsp3) is 0.455. The lowest BCUT2D eigenvalue weighted by atomic mass is 10.0. The molecule has 3 N–H and O–H groups in total. The lowest BCUT2D eigenvalue weighted by molar-refractivity contribution is -0.150. The quantitative estimate of drug-likeness (QED) is 0.415. The Hall–Kier alpha value is -5.00. The highest BCUT2D eigenvalue weighted by Gasteiger charge is 2.40. The van der Waals surface area contributed by atoms with E-state index in [2.05, 4.69) is 10.6 Å². The van der Waals surface area contributed by atoms with E-state index in [4.69, 9.17) is 14.2 Å². The van der Waals surface area contributed by atoms with Gasteiger partial charge in [0, 0.05) is 30.0 Å². The number of fused-ring (bicyclic) bond motifs is 1. The Morgan fingerprint density at radius 3 is 2.34 bits per heavy atom. The Bertz CT molecular complexity index is 1590. The second-order valence-corrected chi connectivity index (χ2v) is 13.1. The van der Waals surface area contributed by atoms with Crippen molar-refractivity contribution >= 4 is 47.0 Å². The van der Waals surface area contributed by atoms with Gasteiger partial charge in [0.05, 0.1) is 24.8 Å². The van der Waals surface area contributed by atoms with Crippen LogP contribution in [0.5, 0.6) is 0 Å². The van der Waals surface area contributed by atoms with Crippen LogP contribution in [0.2, 0.25) is 0 Å². The van der Waals surface area contributed by atoms with Gasteiger partial charge in [0.1, 0.15) is 11.2 Å². The molecule has 47 heavy (non-hydrogen) atoms. The van der Waals surface area contributed by atoms with Crippen molar-refractivity contribution in [3.8, 4) is 6.07 Å². The highest BCUT2D eigenvalue weighted by molar-refractivity contribution is 6.04. The number of carbonyl (C=O) groups is 5. The fourth-order valence-corrected chi connectivity index (χ4v) is 4.89. The molecule has 2 aliphatic rings. The van der Waals surface area contributed by atoms with Crippen LogP contribution in [0.15, 0.2) is 36.4 Å². The average Bonchev–Trinajstić information content (AvgIpc) is 2.97. The molecule has 0 bridgehead atoms. The van der Waals surface area contributed by atoms with Gasteiger partial charge < -0.3 is 34.9 Å². The monoisotopic (exact) mass is 649 g/mol. The van der Waals surface area contributed by atoms with Gasteiger partial charge in [-0.15, -0.1) is 0 Å². The van der Waals surface area contributed by atoms with Crippen molar-refractivity contribution < 1.29 is 43.3 Å². The van der Waals surface area contributed by atoms with Gasteiger partial charge in [0.2, 0.25) is 5.91 Å². The van der Waals surface area contributed by atoms with Crippen LogP contribution in [0.4, 0.5) is 26.7 Å². The van der Waals surface area contributed by atoms with E-state index in [1.807, 2.05) is 12.1 Å². The smallest absolute Gasteiger partial charge is 0.420 e. The van der Waals surface area contributed by atoms with Gasteiger partial charge in [0.15, 0.2) is 12.2 Å². The molecule has 4 rings (SSSR count). The molecule has 250 valence electrons. The molecule has 5 amide bonds. The van der Waals surface area contributed by atoms with Crippen LogP contribution in [0.3, 0.4) is 0 Å². The second-order valence-electron chi connectivity index (χ2n) is 13.1. The van der Waals surface area contributed by atoms with E-state index in [9.17, 15) is 34.3 Å². The molecule has 1 saturated heterocycles. The van der Waals surface area contributed by atoms with E-state index in [0.29, 0.717) is 29.1 Å².